The number of nitrogens with zero attached hydrogens (tertiary/aromatic N) is 1. The number of thiocarbonyl (C=S) groups is 1. The van der Waals surface area contributed by atoms with Crippen LogP contribution in [0.25, 0.3) is 0 Å². The third-order valence-electron chi connectivity index (χ3n) is 1.84. The van der Waals surface area contributed by atoms with Crippen LogP contribution in [0.5, 0.6) is 5.75 Å². The van der Waals surface area contributed by atoms with E-state index in [1.54, 1.807) is 31.5 Å². The number of ether oxygens (including phenoxy) is 1. The zero-order valence-corrected chi connectivity index (χ0v) is 10.3. The van der Waals surface area contributed by atoms with Crippen molar-refractivity contribution < 1.29 is 9.84 Å². The minimum atomic E-state index is 0.203. The molecular weight excluding hydrogens is 238 g/mol. The monoisotopic (exact) mass is 253 g/mol. The van der Waals surface area contributed by atoms with E-state index in [1.165, 1.54) is 0 Å². The lowest BCUT2D eigenvalue weighted by atomic mass is 10.2. The average Bonchev–Trinajstić information content (AvgIpc) is 2.29. The van der Waals surface area contributed by atoms with Crippen LogP contribution in [0.15, 0.2) is 29.4 Å². The number of hydrogen-bond acceptors (Lipinski definition) is 4. The molecule has 6 heteroatoms. The summed E-state index contributed by atoms with van der Waals surface area (Å²) in [6.45, 7) is 1.21. The zero-order valence-electron chi connectivity index (χ0n) is 9.51. The number of aromatic hydroxyl groups is 1. The Balaban J connectivity index is 2.32. The molecule has 3 N–H and O–H groups in total. The van der Waals surface area contributed by atoms with Gasteiger partial charge in [-0.25, -0.2) is 0 Å². The van der Waals surface area contributed by atoms with Gasteiger partial charge < -0.3 is 15.2 Å². The van der Waals surface area contributed by atoms with Crippen LogP contribution in [0.3, 0.4) is 0 Å². The third-order valence-corrected chi connectivity index (χ3v) is 2.08. The Morgan fingerprint density at radius 3 is 3.12 bits per heavy atom. The molecule has 0 fully saturated rings. The summed E-state index contributed by atoms with van der Waals surface area (Å²) in [5, 5.41) is 16.5. The van der Waals surface area contributed by atoms with E-state index in [4.69, 9.17) is 17.0 Å². The first kappa shape index (κ1) is 13.4. The van der Waals surface area contributed by atoms with Crippen molar-refractivity contribution in [3.63, 3.8) is 0 Å². The fraction of sp³-hybridized carbons (Fsp3) is 0.273. The maximum absolute atomic E-state index is 9.23. The smallest absolute Gasteiger partial charge is 0.187 e. The number of hydrogen-bond donors (Lipinski definition) is 3. The Labute approximate surface area is 105 Å². The maximum atomic E-state index is 9.23. The molecule has 1 aromatic carbocycles. The second kappa shape index (κ2) is 7.59. The summed E-state index contributed by atoms with van der Waals surface area (Å²) < 4.78 is 4.86. The molecule has 17 heavy (non-hydrogen) atoms. The van der Waals surface area contributed by atoms with Gasteiger partial charge in [0.25, 0.3) is 0 Å². The van der Waals surface area contributed by atoms with Gasteiger partial charge in [-0.15, -0.1) is 0 Å². The van der Waals surface area contributed by atoms with Crippen molar-refractivity contribution in [2.75, 3.05) is 20.3 Å². The number of nitrogens with one attached hydrogen (secondary N) is 2. The van der Waals surface area contributed by atoms with E-state index in [0.717, 1.165) is 5.56 Å². The van der Waals surface area contributed by atoms with Crippen LogP contribution < -0.4 is 10.7 Å². The molecule has 0 atom stereocenters. The van der Waals surface area contributed by atoms with E-state index in [9.17, 15) is 5.11 Å². The van der Waals surface area contributed by atoms with E-state index < -0.39 is 0 Å². The molecule has 0 bridgehead atoms. The fourth-order valence-corrected chi connectivity index (χ4v) is 1.23. The molecule has 1 aromatic rings. The summed E-state index contributed by atoms with van der Waals surface area (Å²) >= 11 is 4.97. The molecule has 0 amide bonds. The average molecular weight is 253 g/mol. The van der Waals surface area contributed by atoms with Gasteiger partial charge in [0.1, 0.15) is 5.75 Å². The first-order chi connectivity index (χ1) is 8.22. The molecule has 0 saturated heterocycles. The standard InChI is InChI=1S/C11H15N3O2S/c1-16-6-5-12-11(17)14-13-8-9-3-2-4-10(15)7-9/h2-4,7-8,15H,5-6H2,1H3,(H2,12,14,17)/b13-8-. The zero-order chi connectivity index (χ0) is 12.5. The van der Waals surface area contributed by atoms with Crippen molar-refractivity contribution in [3.05, 3.63) is 29.8 Å². The number of benzene rings is 1. The van der Waals surface area contributed by atoms with Gasteiger partial charge in [-0.1, -0.05) is 12.1 Å². The van der Waals surface area contributed by atoms with Crippen LogP contribution in [0, 0.1) is 0 Å². The summed E-state index contributed by atoms with van der Waals surface area (Å²) in [7, 11) is 1.62. The largest absolute Gasteiger partial charge is 0.508 e. The van der Waals surface area contributed by atoms with Gasteiger partial charge in [0.05, 0.1) is 12.8 Å². The minimum Gasteiger partial charge on any atom is -0.508 e. The van der Waals surface area contributed by atoms with Crippen molar-refractivity contribution in [2.24, 2.45) is 5.10 Å². The highest BCUT2D eigenvalue weighted by atomic mass is 32.1. The number of methoxy groups -OCH3 is 1. The Hall–Kier alpha value is -1.66. The molecule has 0 heterocycles. The van der Waals surface area contributed by atoms with Gasteiger partial charge in [-0.2, -0.15) is 5.10 Å². The second-order valence-corrected chi connectivity index (χ2v) is 3.62. The summed E-state index contributed by atoms with van der Waals surface area (Å²) in [6, 6.07) is 6.77. The van der Waals surface area contributed by atoms with E-state index in [0.29, 0.717) is 18.3 Å². The lowest BCUT2D eigenvalue weighted by Gasteiger charge is -2.05. The van der Waals surface area contributed by atoms with Gasteiger partial charge in [-0.05, 0) is 29.9 Å². The molecule has 1 rings (SSSR count). The van der Waals surface area contributed by atoms with Crippen LogP contribution >= 0.6 is 12.2 Å². The van der Waals surface area contributed by atoms with E-state index >= 15 is 0 Å². The van der Waals surface area contributed by atoms with Gasteiger partial charge >= 0.3 is 0 Å². The van der Waals surface area contributed by atoms with Crippen LogP contribution in [-0.2, 0) is 4.74 Å². The molecule has 92 valence electrons. The van der Waals surface area contributed by atoms with Crippen molar-refractivity contribution in [1.29, 1.82) is 0 Å². The highest BCUT2D eigenvalue weighted by Gasteiger charge is 1.92. The Bertz CT molecular complexity index is 396. The van der Waals surface area contributed by atoms with Gasteiger partial charge in [0.2, 0.25) is 0 Å². The quantitative estimate of drug-likeness (QED) is 0.314. The highest BCUT2D eigenvalue weighted by molar-refractivity contribution is 7.80. The number of hydrazone groups is 1. The summed E-state index contributed by atoms with van der Waals surface area (Å²) in [6.07, 6.45) is 1.57. The van der Waals surface area contributed by atoms with E-state index in [1.807, 2.05) is 6.07 Å². The van der Waals surface area contributed by atoms with Crippen molar-refractivity contribution in [3.8, 4) is 5.75 Å². The fourth-order valence-electron chi connectivity index (χ4n) is 1.08. The SMILES string of the molecule is COCCNC(=S)N/N=C\c1cccc(O)c1. The van der Waals surface area contributed by atoms with Gasteiger partial charge in [-0.3, -0.25) is 5.43 Å². The Kier molecular flexibility index (Phi) is 5.98. The molecule has 0 saturated carbocycles. The van der Waals surface area contributed by atoms with Crippen LogP contribution in [0.4, 0.5) is 0 Å². The van der Waals surface area contributed by atoms with Gasteiger partial charge in [0, 0.05) is 13.7 Å². The first-order valence-corrected chi connectivity index (χ1v) is 5.48. The Morgan fingerprint density at radius 2 is 2.41 bits per heavy atom. The predicted molar refractivity (Wildman–Crippen MR) is 71.3 cm³/mol. The molecule has 0 aliphatic heterocycles. The molecule has 0 aliphatic carbocycles. The Morgan fingerprint density at radius 1 is 1.59 bits per heavy atom. The number of phenolic OH excluding ortho intramolecular Hbond substituents is 1. The van der Waals surface area contributed by atoms with Gasteiger partial charge in [0.15, 0.2) is 5.11 Å². The lowest BCUT2D eigenvalue weighted by molar-refractivity contribution is 0.204. The van der Waals surface area contributed by atoms with E-state index in [-0.39, 0.29) is 5.75 Å². The number of rotatable bonds is 5. The van der Waals surface area contributed by atoms with Crippen LogP contribution in [-0.4, -0.2) is 36.7 Å². The predicted octanol–water partition coefficient (Wildman–Crippen LogP) is 0.837. The summed E-state index contributed by atoms with van der Waals surface area (Å²) in [5.74, 6) is 0.203. The van der Waals surface area contributed by atoms with Crippen molar-refractivity contribution in [2.45, 2.75) is 0 Å². The molecule has 0 spiro atoms. The normalized spacial score (nSPS) is 10.4. The second-order valence-electron chi connectivity index (χ2n) is 3.21. The third kappa shape index (κ3) is 5.84. The molecule has 0 radical (unpaired) electrons. The molecule has 5 nitrogen and oxygen atoms in total. The molecule has 0 aliphatic rings. The molecular formula is C11H15N3O2S. The van der Waals surface area contributed by atoms with E-state index in [2.05, 4.69) is 15.8 Å². The van der Waals surface area contributed by atoms with Crippen LogP contribution in [0.1, 0.15) is 5.56 Å². The number of phenols is 1. The molecule has 0 unspecified atom stereocenters. The maximum Gasteiger partial charge on any atom is 0.187 e. The lowest BCUT2D eigenvalue weighted by Crippen LogP contribution is -2.34. The highest BCUT2D eigenvalue weighted by Crippen LogP contribution is 2.08. The van der Waals surface area contributed by atoms with Crippen molar-refractivity contribution in [1.82, 2.24) is 10.7 Å². The van der Waals surface area contributed by atoms with Crippen LogP contribution in [0.2, 0.25) is 0 Å². The first-order valence-electron chi connectivity index (χ1n) is 5.07. The summed E-state index contributed by atoms with van der Waals surface area (Å²) in [4.78, 5) is 0. The minimum absolute atomic E-state index is 0.203. The topological polar surface area (TPSA) is 65.9 Å². The van der Waals surface area contributed by atoms with Crippen molar-refractivity contribution >= 4 is 23.5 Å². The summed E-state index contributed by atoms with van der Waals surface area (Å²) in [5.41, 5.74) is 3.45. The molecule has 0 aromatic heterocycles.